The summed E-state index contributed by atoms with van der Waals surface area (Å²) in [7, 11) is 0. The molecule has 0 N–H and O–H groups in total. The van der Waals surface area contributed by atoms with Gasteiger partial charge in [0.05, 0.1) is 24.9 Å². The molecule has 4 nitrogen and oxygen atoms in total. The molecule has 2 heterocycles. The quantitative estimate of drug-likeness (QED) is 0.515. The van der Waals surface area contributed by atoms with Crippen LogP contribution in [0.3, 0.4) is 0 Å². The monoisotopic (exact) mass is 417 g/mol. The largest absolute Gasteiger partial charge is 0.378 e. The van der Waals surface area contributed by atoms with Crippen molar-refractivity contribution < 1.29 is 4.74 Å². The minimum atomic E-state index is 0.620. The number of aromatic nitrogens is 1. The summed E-state index contributed by atoms with van der Waals surface area (Å²) < 4.78 is 7.67. The van der Waals surface area contributed by atoms with Crippen molar-refractivity contribution in [2.45, 2.75) is 13.8 Å². The van der Waals surface area contributed by atoms with Crippen molar-refractivity contribution in [2.24, 2.45) is 0 Å². The first-order valence-corrected chi connectivity index (χ1v) is 10.4. The Morgan fingerprint density at radius 2 is 1.63 bits per heavy atom. The van der Waals surface area contributed by atoms with Crippen molar-refractivity contribution in [3.8, 4) is 11.8 Å². The van der Waals surface area contributed by atoms with Gasteiger partial charge in [0.15, 0.2) is 0 Å². The molecule has 152 valence electrons. The number of nitriles is 1. The number of hydrogen-bond acceptors (Lipinski definition) is 3. The zero-order valence-electron chi connectivity index (χ0n) is 17.2. The summed E-state index contributed by atoms with van der Waals surface area (Å²) >= 11 is 5.98. The van der Waals surface area contributed by atoms with Crippen LogP contribution in [0.2, 0.25) is 5.02 Å². The Morgan fingerprint density at radius 3 is 2.27 bits per heavy atom. The molecule has 0 amide bonds. The van der Waals surface area contributed by atoms with Crippen LogP contribution in [-0.2, 0) is 4.74 Å². The van der Waals surface area contributed by atoms with Gasteiger partial charge in [-0.2, -0.15) is 5.26 Å². The van der Waals surface area contributed by atoms with Crippen LogP contribution in [0.1, 0.15) is 22.5 Å². The molecular weight excluding hydrogens is 394 g/mol. The molecule has 1 aromatic heterocycles. The number of hydrogen-bond donors (Lipinski definition) is 0. The number of nitrogens with zero attached hydrogens (tertiary/aromatic N) is 3. The summed E-state index contributed by atoms with van der Waals surface area (Å²) in [4.78, 5) is 2.35. The van der Waals surface area contributed by atoms with Crippen LogP contribution in [0.15, 0.2) is 54.6 Å². The van der Waals surface area contributed by atoms with Crippen LogP contribution in [-0.4, -0.2) is 30.9 Å². The van der Waals surface area contributed by atoms with Gasteiger partial charge in [-0.25, -0.2) is 0 Å². The van der Waals surface area contributed by atoms with Gasteiger partial charge >= 0.3 is 0 Å². The number of ether oxygens (including phenoxy) is 1. The molecule has 3 aromatic rings. The van der Waals surface area contributed by atoms with Gasteiger partial charge in [0, 0.05) is 40.9 Å². The number of halogens is 1. The van der Waals surface area contributed by atoms with E-state index in [1.165, 1.54) is 5.69 Å². The fourth-order valence-corrected chi connectivity index (χ4v) is 4.06. The predicted octanol–water partition coefficient (Wildman–Crippen LogP) is 5.65. The van der Waals surface area contributed by atoms with Gasteiger partial charge in [0.25, 0.3) is 0 Å². The highest BCUT2D eigenvalue weighted by molar-refractivity contribution is 6.30. The molecule has 0 bridgehead atoms. The van der Waals surface area contributed by atoms with Crippen LogP contribution >= 0.6 is 11.6 Å². The molecule has 1 aliphatic rings. The van der Waals surface area contributed by atoms with Crippen LogP contribution in [0.25, 0.3) is 17.3 Å². The van der Waals surface area contributed by atoms with Gasteiger partial charge in [-0.05, 0) is 73.5 Å². The summed E-state index contributed by atoms with van der Waals surface area (Å²) in [6.07, 6.45) is 1.95. The lowest BCUT2D eigenvalue weighted by Crippen LogP contribution is -2.36. The van der Waals surface area contributed by atoms with Gasteiger partial charge in [0.2, 0.25) is 0 Å². The normalized spacial score (nSPS) is 14.6. The number of rotatable bonds is 4. The van der Waals surface area contributed by atoms with E-state index in [1.54, 1.807) is 12.1 Å². The van der Waals surface area contributed by atoms with E-state index in [4.69, 9.17) is 16.3 Å². The second-order valence-corrected chi connectivity index (χ2v) is 7.89. The molecule has 30 heavy (non-hydrogen) atoms. The standard InChI is InChI=1S/C25H24ClN3O/c1-18-15-21(16-22(17-27)20-3-5-23(26)6-4-20)19(2)29(18)25-9-7-24(8-10-25)28-11-13-30-14-12-28/h3-10,15-16H,11-14H2,1-2H3/b22-16-. The van der Waals surface area contributed by atoms with Crippen molar-refractivity contribution in [1.29, 1.82) is 5.26 Å². The summed E-state index contributed by atoms with van der Waals surface area (Å²) in [5.41, 5.74) is 7.10. The van der Waals surface area contributed by atoms with Crippen molar-refractivity contribution in [2.75, 3.05) is 31.2 Å². The van der Waals surface area contributed by atoms with Crippen LogP contribution in [0.4, 0.5) is 5.69 Å². The molecular formula is C25H24ClN3O. The topological polar surface area (TPSA) is 41.2 Å². The Labute approximate surface area is 182 Å². The highest BCUT2D eigenvalue weighted by Gasteiger charge is 2.13. The van der Waals surface area contributed by atoms with Gasteiger partial charge < -0.3 is 14.2 Å². The first-order chi connectivity index (χ1) is 14.6. The van der Waals surface area contributed by atoms with E-state index in [9.17, 15) is 5.26 Å². The molecule has 4 rings (SSSR count). The first-order valence-electron chi connectivity index (χ1n) is 10.1. The summed E-state index contributed by atoms with van der Waals surface area (Å²) in [6, 6.07) is 20.5. The van der Waals surface area contributed by atoms with Crippen molar-refractivity contribution >= 4 is 28.9 Å². The molecule has 0 aliphatic carbocycles. The van der Waals surface area contributed by atoms with Crippen LogP contribution in [0.5, 0.6) is 0 Å². The summed E-state index contributed by atoms with van der Waals surface area (Å²) in [5.74, 6) is 0. The highest BCUT2D eigenvalue weighted by Crippen LogP contribution is 2.27. The molecule has 1 fully saturated rings. The Hall–Kier alpha value is -3.00. The highest BCUT2D eigenvalue weighted by atomic mass is 35.5. The Bertz CT molecular complexity index is 1100. The fraction of sp³-hybridized carbons (Fsp3) is 0.240. The maximum atomic E-state index is 9.68. The molecule has 1 aliphatic heterocycles. The number of morpholine rings is 1. The Kier molecular flexibility index (Phi) is 5.94. The lowest BCUT2D eigenvalue weighted by Gasteiger charge is -2.29. The third-order valence-electron chi connectivity index (χ3n) is 5.53. The van der Waals surface area contributed by atoms with Crippen LogP contribution in [0, 0.1) is 25.2 Å². The minimum Gasteiger partial charge on any atom is -0.378 e. The summed E-state index contributed by atoms with van der Waals surface area (Å²) in [6.45, 7) is 7.60. The smallest absolute Gasteiger partial charge is 0.0998 e. The molecule has 0 saturated carbocycles. The summed E-state index contributed by atoms with van der Waals surface area (Å²) in [5, 5.41) is 10.3. The van der Waals surface area contributed by atoms with E-state index in [2.05, 4.69) is 59.7 Å². The zero-order valence-corrected chi connectivity index (χ0v) is 18.0. The third kappa shape index (κ3) is 4.14. The van der Waals surface area contributed by atoms with Gasteiger partial charge in [-0.1, -0.05) is 23.7 Å². The van der Waals surface area contributed by atoms with Crippen LogP contribution < -0.4 is 4.90 Å². The number of aryl methyl sites for hydroxylation is 1. The van der Waals surface area contributed by atoms with Gasteiger partial charge in [-0.3, -0.25) is 0 Å². The van der Waals surface area contributed by atoms with E-state index in [0.29, 0.717) is 10.6 Å². The van der Waals surface area contributed by atoms with Gasteiger partial charge in [-0.15, -0.1) is 0 Å². The Morgan fingerprint density at radius 1 is 1.00 bits per heavy atom. The van der Waals surface area contributed by atoms with E-state index >= 15 is 0 Å². The van der Waals surface area contributed by atoms with E-state index < -0.39 is 0 Å². The third-order valence-corrected chi connectivity index (χ3v) is 5.78. The average Bonchev–Trinajstić information content (AvgIpc) is 3.06. The minimum absolute atomic E-state index is 0.620. The molecule has 0 spiro atoms. The predicted molar refractivity (Wildman–Crippen MR) is 123 cm³/mol. The molecule has 0 atom stereocenters. The molecule has 0 radical (unpaired) electrons. The van der Waals surface area contributed by atoms with Crippen molar-refractivity contribution in [1.82, 2.24) is 4.57 Å². The molecule has 2 aromatic carbocycles. The van der Waals surface area contributed by atoms with E-state index in [0.717, 1.165) is 54.5 Å². The molecule has 0 unspecified atom stereocenters. The molecule has 1 saturated heterocycles. The van der Waals surface area contributed by atoms with Gasteiger partial charge in [0.1, 0.15) is 0 Å². The van der Waals surface area contributed by atoms with E-state index in [1.807, 2.05) is 18.2 Å². The lowest BCUT2D eigenvalue weighted by atomic mass is 10.0. The number of allylic oxidation sites excluding steroid dienone is 1. The Balaban J connectivity index is 1.65. The zero-order chi connectivity index (χ0) is 21.1. The molecule has 5 heteroatoms. The van der Waals surface area contributed by atoms with Crippen molar-refractivity contribution in [3.05, 3.63) is 82.1 Å². The fourth-order valence-electron chi connectivity index (χ4n) is 3.93. The lowest BCUT2D eigenvalue weighted by molar-refractivity contribution is 0.122. The number of benzene rings is 2. The maximum Gasteiger partial charge on any atom is 0.0998 e. The average molecular weight is 418 g/mol. The maximum absolute atomic E-state index is 9.68. The SMILES string of the molecule is Cc1cc(/C=C(/C#N)c2ccc(Cl)cc2)c(C)n1-c1ccc(N2CCOCC2)cc1. The number of anilines is 1. The van der Waals surface area contributed by atoms with Crippen molar-refractivity contribution in [3.63, 3.8) is 0 Å². The second-order valence-electron chi connectivity index (χ2n) is 7.45. The first kappa shape index (κ1) is 20.3. The second kappa shape index (κ2) is 8.79. The van der Waals surface area contributed by atoms with E-state index in [-0.39, 0.29) is 0 Å².